The molecule has 0 bridgehead atoms. The lowest BCUT2D eigenvalue weighted by atomic mass is 10.2. The van der Waals surface area contributed by atoms with Gasteiger partial charge in [-0.1, -0.05) is 18.2 Å². The molecule has 0 aromatic heterocycles. The summed E-state index contributed by atoms with van der Waals surface area (Å²) in [4.78, 5) is 21.7. The van der Waals surface area contributed by atoms with Crippen LogP contribution in [0.1, 0.15) is 13.3 Å². The minimum Gasteiger partial charge on any atom is -0.468 e. The van der Waals surface area contributed by atoms with Gasteiger partial charge >= 0.3 is 13.7 Å². The van der Waals surface area contributed by atoms with Gasteiger partial charge in [0, 0.05) is 6.42 Å². The zero-order valence-electron chi connectivity index (χ0n) is 17.2. The molecule has 13 heteroatoms. The van der Waals surface area contributed by atoms with Crippen LogP contribution in [0.4, 0.5) is 0 Å². The standard InChI is InChI=1S/C18H26N5O6PS/c1-12(17(25)27-2)22-30(26,29-13-6-4-3-5-7-13)28-9-15-14(24)8-16(31-15)23-10-20-18(19)21-11-23/h3-7,10,12,14-16,24H,8-9,11H2,1-2H3,(H2,19,21)(H,22,26)/t12-,14+,15+,16+,30?/m0/s1. The fourth-order valence-corrected chi connectivity index (χ4v) is 5.99. The number of aliphatic hydroxyl groups is 1. The second kappa shape index (κ2) is 10.5. The molecule has 1 aromatic carbocycles. The van der Waals surface area contributed by atoms with Crippen LogP contribution >= 0.6 is 19.5 Å². The molecule has 4 N–H and O–H groups in total. The Hall–Kier alpha value is -2.11. The van der Waals surface area contributed by atoms with Gasteiger partial charge in [-0.3, -0.25) is 9.32 Å². The average molecular weight is 471 g/mol. The SMILES string of the molecule is COC(=O)[C@H](C)NP(=O)(OC[C@H]1S[C@@H](N2C=NC(N)=NC2)C[C@H]1O)Oc1ccccc1. The predicted molar refractivity (Wildman–Crippen MR) is 118 cm³/mol. The molecule has 2 aliphatic heterocycles. The Balaban J connectivity index is 1.64. The maximum atomic E-state index is 13.4. The van der Waals surface area contributed by atoms with E-state index in [9.17, 15) is 14.5 Å². The molecule has 0 saturated carbocycles. The summed E-state index contributed by atoms with van der Waals surface area (Å²) in [6.07, 6.45) is 1.35. The zero-order chi connectivity index (χ0) is 22.4. The Kier molecular flexibility index (Phi) is 7.95. The summed E-state index contributed by atoms with van der Waals surface area (Å²) in [5.41, 5.74) is 5.54. The molecule has 0 amide bonds. The molecule has 2 aliphatic rings. The number of methoxy groups -OCH3 is 1. The van der Waals surface area contributed by atoms with E-state index in [-0.39, 0.29) is 23.2 Å². The summed E-state index contributed by atoms with van der Waals surface area (Å²) in [7, 11) is -2.72. The Morgan fingerprint density at radius 3 is 2.84 bits per heavy atom. The first-order valence-corrected chi connectivity index (χ1v) is 12.1. The zero-order valence-corrected chi connectivity index (χ0v) is 18.9. The number of hydrogen-bond acceptors (Lipinski definition) is 11. The van der Waals surface area contributed by atoms with Crippen molar-refractivity contribution in [1.29, 1.82) is 0 Å². The highest BCUT2D eigenvalue weighted by Crippen LogP contribution is 2.47. The number of carbonyl (C=O) groups is 1. The van der Waals surface area contributed by atoms with Crippen molar-refractivity contribution in [3.8, 4) is 5.75 Å². The second-order valence-corrected chi connectivity index (χ2v) is 10.0. The first-order chi connectivity index (χ1) is 14.8. The first-order valence-electron chi connectivity index (χ1n) is 9.58. The van der Waals surface area contributed by atoms with Gasteiger partial charge in [0.25, 0.3) is 0 Å². The average Bonchev–Trinajstić information content (AvgIpc) is 3.13. The van der Waals surface area contributed by atoms with E-state index >= 15 is 0 Å². The summed E-state index contributed by atoms with van der Waals surface area (Å²) in [5.74, 6) is -0.0857. The highest BCUT2D eigenvalue weighted by atomic mass is 32.2. The fraction of sp³-hybridized carbons (Fsp3) is 0.500. The fourth-order valence-electron chi connectivity index (χ4n) is 2.95. The van der Waals surface area contributed by atoms with Crippen LogP contribution in [-0.2, 0) is 18.6 Å². The Labute approximate surface area is 184 Å². The molecule has 1 saturated heterocycles. The van der Waals surface area contributed by atoms with Crippen molar-refractivity contribution in [2.75, 3.05) is 20.4 Å². The van der Waals surface area contributed by atoms with Gasteiger partial charge in [-0.2, -0.15) is 5.09 Å². The molecular formula is C18H26N5O6PS. The van der Waals surface area contributed by atoms with Gasteiger partial charge in [0.2, 0.25) is 5.96 Å². The van der Waals surface area contributed by atoms with Crippen molar-refractivity contribution in [2.45, 2.75) is 36.1 Å². The van der Waals surface area contributed by atoms with Crippen molar-refractivity contribution in [3.63, 3.8) is 0 Å². The molecule has 3 rings (SSSR count). The number of hydrogen-bond donors (Lipinski definition) is 3. The normalized spacial score (nSPS) is 26.1. The molecular weight excluding hydrogens is 445 g/mol. The number of nitrogens with one attached hydrogen (secondary N) is 1. The molecule has 1 fully saturated rings. The minimum atomic E-state index is -3.96. The van der Waals surface area contributed by atoms with E-state index in [1.165, 1.54) is 25.8 Å². The third-order valence-corrected chi connectivity index (χ3v) is 7.81. The van der Waals surface area contributed by atoms with E-state index < -0.39 is 25.9 Å². The maximum absolute atomic E-state index is 13.4. The van der Waals surface area contributed by atoms with Gasteiger partial charge in [0.15, 0.2) is 0 Å². The third kappa shape index (κ3) is 6.44. The molecule has 0 radical (unpaired) electrons. The molecule has 5 atom stereocenters. The minimum absolute atomic E-state index is 0.0657. The monoisotopic (exact) mass is 471 g/mol. The van der Waals surface area contributed by atoms with Gasteiger partial charge in [-0.15, -0.1) is 11.8 Å². The molecule has 0 spiro atoms. The summed E-state index contributed by atoms with van der Waals surface area (Å²) < 4.78 is 29.3. The van der Waals surface area contributed by atoms with Crippen LogP contribution in [0.3, 0.4) is 0 Å². The van der Waals surface area contributed by atoms with Crippen LogP contribution in [0.2, 0.25) is 0 Å². The van der Waals surface area contributed by atoms with Crippen LogP contribution in [0.15, 0.2) is 40.3 Å². The highest BCUT2D eigenvalue weighted by molar-refractivity contribution is 8.00. The maximum Gasteiger partial charge on any atom is 0.459 e. The van der Waals surface area contributed by atoms with Crippen LogP contribution in [-0.4, -0.2) is 71.4 Å². The first kappa shape index (κ1) is 23.6. The molecule has 31 heavy (non-hydrogen) atoms. The molecule has 170 valence electrons. The Morgan fingerprint density at radius 1 is 1.45 bits per heavy atom. The molecule has 1 unspecified atom stereocenters. The number of esters is 1. The van der Waals surface area contributed by atoms with Gasteiger partial charge < -0.3 is 25.0 Å². The lowest BCUT2D eigenvalue weighted by Gasteiger charge is -2.26. The van der Waals surface area contributed by atoms with E-state index in [1.54, 1.807) is 36.7 Å². The summed E-state index contributed by atoms with van der Waals surface area (Å²) in [5, 5.41) is 12.6. The number of guanidine groups is 1. The Bertz CT molecular complexity index is 872. The summed E-state index contributed by atoms with van der Waals surface area (Å²) >= 11 is 1.46. The number of ether oxygens (including phenoxy) is 1. The molecule has 2 heterocycles. The Morgan fingerprint density at radius 2 is 2.19 bits per heavy atom. The highest BCUT2D eigenvalue weighted by Gasteiger charge is 2.40. The van der Waals surface area contributed by atoms with Crippen LogP contribution < -0.4 is 15.3 Å². The molecule has 1 aromatic rings. The number of nitrogens with two attached hydrogens (primary N) is 1. The molecule has 0 aliphatic carbocycles. The van der Waals surface area contributed by atoms with Crippen LogP contribution in [0.5, 0.6) is 5.75 Å². The topological polar surface area (TPSA) is 148 Å². The number of aliphatic imine (C=N–C) groups is 2. The number of para-hydroxylation sites is 1. The van der Waals surface area contributed by atoms with Crippen LogP contribution in [0, 0.1) is 0 Å². The van der Waals surface area contributed by atoms with Crippen molar-refractivity contribution in [3.05, 3.63) is 30.3 Å². The molecule has 11 nitrogen and oxygen atoms in total. The lowest BCUT2D eigenvalue weighted by molar-refractivity contribution is -0.142. The van der Waals surface area contributed by atoms with Crippen LogP contribution in [0.25, 0.3) is 0 Å². The van der Waals surface area contributed by atoms with Crippen molar-refractivity contribution in [1.82, 2.24) is 9.99 Å². The van der Waals surface area contributed by atoms with Gasteiger partial charge in [0.1, 0.15) is 18.5 Å². The number of benzene rings is 1. The predicted octanol–water partition coefficient (Wildman–Crippen LogP) is 1.15. The second-order valence-electron chi connectivity index (χ2n) is 6.92. The quantitative estimate of drug-likeness (QED) is 0.354. The van der Waals surface area contributed by atoms with Crippen molar-refractivity contribution >= 4 is 37.8 Å². The number of thioether (sulfide) groups is 1. The number of rotatable bonds is 9. The van der Waals surface area contributed by atoms with Gasteiger partial charge in [0.05, 0.1) is 36.8 Å². The van der Waals surface area contributed by atoms with E-state index in [1.807, 2.05) is 4.90 Å². The number of nitrogens with zero attached hydrogens (tertiary/aromatic N) is 3. The van der Waals surface area contributed by atoms with E-state index in [0.717, 1.165) is 0 Å². The van der Waals surface area contributed by atoms with E-state index in [2.05, 4.69) is 19.8 Å². The van der Waals surface area contributed by atoms with E-state index in [0.29, 0.717) is 18.8 Å². The van der Waals surface area contributed by atoms with Gasteiger partial charge in [-0.25, -0.2) is 14.5 Å². The lowest BCUT2D eigenvalue weighted by Crippen LogP contribution is -2.35. The number of aliphatic hydroxyl groups excluding tert-OH is 1. The summed E-state index contributed by atoms with van der Waals surface area (Å²) in [6, 6.07) is 7.55. The van der Waals surface area contributed by atoms with Crippen molar-refractivity contribution in [2.24, 2.45) is 15.7 Å². The van der Waals surface area contributed by atoms with Crippen molar-refractivity contribution < 1.29 is 28.3 Å². The smallest absolute Gasteiger partial charge is 0.459 e. The third-order valence-electron chi connectivity index (χ3n) is 4.59. The largest absolute Gasteiger partial charge is 0.468 e. The van der Waals surface area contributed by atoms with Gasteiger partial charge in [-0.05, 0) is 19.1 Å². The number of carbonyl (C=O) groups excluding carboxylic acids is 1. The summed E-state index contributed by atoms with van der Waals surface area (Å²) in [6.45, 7) is 1.78. The van der Waals surface area contributed by atoms with E-state index in [4.69, 9.17) is 14.8 Å².